The van der Waals surface area contributed by atoms with Gasteiger partial charge >= 0.3 is 6.03 Å². The lowest BCUT2D eigenvalue weighted by Crippen LogP contribution is -2.35. The Hall–Kier alpha value is -3.81. The maximum Gasteiger partial charge on any atom is 0.323 e. The predicted octanol–water partition coefficient (Wildman–Crippen LogP) is 3.33. The molecule has 3 rings (SSSR count). The van der Waals surface area contributed by atoms with Crippen molar-refractivity contribution in [1.82, 2.24) is 9.88 Å². The highest BCUT2D eigenvalue weighted by molar-refractivity contribution is 5.99. The lowest BCUT2D eigenvalue weighted by atomic mass is 10.2. The van der Waals surface area contributed by atoms with E-state index < -0.39 is 11.6 Å². The average Bonchev–Trinajstić information content (AvgIpc) is 3.11. The Balaban J connectivity index is 1.66. The molecule has 156 valence electrons. The Morgan fingerprint density at radius 1 is 1.00 bits per heavy atom. The minimum atomic E-state index is -0.536. The molecule has 0 aliphatic heterocycles. The van der Waals surface area contributed by atoms with Crippen LogP contribution in [0.3, 0.4) is 0 Å². The smallest absolute Gasteiger partial charge is 0.323 e. The van der Waals surface area contributed by atoms with Crippen molar-refractivity contribution in [2.45, 2.75) is 33.9 Å². The minimum absolute atomic E-state index is 0.0835. The van der Waals surface area contributed by atoms with Crippen molar-refractivity contribution in [3.8, 4) is 0 Å². The van der Waals surface area contributed by atoms with E-state index in [9.17, 15) is 14.4 Å². The quantitative estimate of drug-likeness (QED) is 0.582. The second-order valence-electron chi connectivity index (χ2n) is 7.02. The molecule has 0 radical (unpaired) electrons. The molecule has 3 amide bonds. The third-order valence-electron chi connectivity index (χ3n) is 4.47. The van der Waals surface area contributed by atoms with E-state index >= 15 is 0 Å². The first-order valence-corrected chi connectivity index (χ1v) is 9.49. The van der Waals surface area contributed by atoms with Crippen molar-refractivity contribution in [2.75, 3.05) is 10.6 Å². The molecule has 0 saturated carbocycles. The van der Waals surface area contributed by atoms with Crippen LogP contribution in [-0.4, -0.2) is 16.5 Å². The van der Waals surface area contributed by atoms with Crippen LogP contribution in [0.15, 0.2) is 57.7 Å². The summed E-state index contributed by atoms with van der Waals surface area (Å²) >= 11 is 0. The molecular weight excluding hydrogens is 384 g/mol. The standard InChI is InChI=1S/C22H24N4O4/c1-14-5-4-6-17(11-14)24-22(29)25-19-10-7-15(2)26(21(19)28)13-20(27)23-12-18-9-8-16(3)30-18/h4-11H,12-13H2,1-3H3,(H,23,27)(H2,24,25,29). The van der Waals surface area contributed by atoms with E-state index in [1.165, 1.54) is 10.6 Å². The normalized spacial score (nSPS) is 10.5. The number of urea groups is 1. The van der Waals surface area contributed by atoms with Gasteiger partial charge in [-0.05, 0) is 62.7 Å². The zero-order chi connectivity index (χ0) is 21.7. The van der Waals surface area contributed by atoms with Gasteiger partial charge < -0.3 is 24.9 Å². The molecular formula is C22H24N4O4. The lowest BCUT2D eigenvalue weighted by molar-refractivity contribution is -0.122. The van der Waals surface area contributed by atoms with E-state index in [-0.39, 0.29) is 24.7 Å². The highest BCUT2D eigenvalue weighted by Crippen LogP contribution is 2.11. The number of hydrogen-bond acceptors (Lipinski definition) is 4. The summed E-state index contributed by atoms with van der Waals surface area (Å²) in [5.74, 6) is 1.05. The molecule has 0 spiro atoms. The molecule has 0 unspecified atom stereocenters. The van der Waals surface area contributed by atoms with Crippen molar-refractivity contribution >= 4 is 23.3 Å². The van der Waals surface area contributed by atoms with Gasteiger partial charge in [0.25, 0.3) is 5.56 Å². The number of pyridine rings is 1. The first-order chi connectivity index (χ1) is 14.3. The Morgan fingerprint density at radius 2 is 1.80 bits per heavy atom. The molecule has 0 aliphatic carbocycles. The Morgan fingerprint density at radius 3 is 2.50 bits per heavy atom. The van der Waals surface area contributed by atoms with Crippen molar-refractivity contribution in [1.29, 1.82) is 0 Å². The molecule has 8 heteroatoms. The highest BCUT2D eigenvalue weighted by atomic mass is 16.3. The number of carbonyl (C=O) groups is 2. The lowest BCUT2D eigenvalue weighted by Gasteiger charge is -2.13. The first kappa shape index (κ1) is 20.9. The number of rotatable bonds is 6. The number of anilines is 2. The van der Waals surface area contributed by atoms with Crippen LogP contribution in [0.1, 0.15) is 22.8 Å². The summed E-state index contributed by atoms with van der Waals surface area (Å²) in [5.41, 5.74) is 1.85. The van der Waals surface area contributed by atoms with Gasteiger partial charge in [0.2, 0.25) is 5.91 Å². The molecule has 0 saturated heterocycles. The summed E-state index contributed by atoms with van der Waals surface area (Å²) in [7, 11) is 0. The molecule has 0 bridgehead atoms. The fourth-order valence-corrected chi connectivity index (χ4v) is 2.94. The van der Waals surface area contributed by atoms with Gasteiger partial charge in [-0.3, -0.25) is 9.59 Å². The van der Waals surface area contributed by atoms with Crippen LogP contribution >= 0.6 is 0 Å². The van der Waals surface area contributed by atoms with E-state index in [0.717, 1.165) is 11.3 Å². The molecule has 1 aromatic carbocycles. The minimum Gasteiger partial charge on any atom is -0.465 e. The Kier molecular flexibility index (Phi) is 6.36. The van der Waals surface area contributed by atoms with Crippen LogP contribution < -0.4 is 21.5 Å². The van der Waals surface area contributed by atoms with E-state index in [2.05, 4.69) is 16.0 Å². The van der Waals surface area contributed by atoms with E-state index in [1.807, 2.05) is 38.1 Å². The SMILES string of the molecule is Cc1cccc(NC(=O)Nc2ccc(C)n(CC(=O)NCc3ccc(C)o3)c2=O)c1. The number of nitrogens with zero attached hydrogens (tertiary/aromatic N) is 1. The van der Waals surface area contributed by atoms with Crippen molar-refractivity contribution in [2.24, 2.45) is 0 Å². The number of furan rings is 1. The van der Waals surface area contributed by atoms with E-state index in [4.69, 9.17) is 4.42 Å². The first-order valence-electron chi connectivity index (χ1n) is 9.49. The molecule has 30 heavy (non-hydrogen) atoms. The second-order valence-corrected chi connectivity index (χ2v) is 7.02. The molecule has 2 heterocycles. The molecule has 8 nitrogen and oxygen atoms in total. The van der Waals surface area contributed by atoms with Crippen LogP contribution in [0.4, 0.5) is 16.2 Å². The van der Waals surface area contributed by atoms with Crippen LogP contribution in [0.25, 0.3) is 0 Å². The molecule has 0 atom stereocenters. The van der Waals surface area contributed by atoms with Crippen molar-refractivity contribution < 1.29 is 14.0 Å². The second kappa shape index (κ2) is 9.13. The molecule has 0 aliphatic rings. The van der Waals surface area contributed by atoms with Gasteiger partial charge in [-0.25, -0.2) is 4.79 Å². The number of hydrogen-bond donors (Lipinski definition) is 3. The maximum absolute atomic E-state index is 12.8. The monoisotopic (exact) mass is 408 g/mol. The van der Waals surface area contributed by atoms with Gasteiger partial charge in [0.05, 0.1) is 6.54 Å². The molecule has 0 fully saturated rings. The number of carbonyl (C=O) groups excluding carboxylic acids is 2. The fraction of sp³-hybridized carbons (Fsp3) is 0.227. The van der Waals surface area contributed by atoms with Gasteiger partial charge in [0, 0.05) is 11.4 Å². The number of nitrogens with one attached hydrogen (secondary N) is 3. The number of amides is 3. The number of aryl methyl sites for hydroxylation is 3. The topological polar surface area (TPSA) is 105 Å². The third kappa shape index (κ3) is 5.38. The fourth-order valence-electron chi connectivity index (χ4n) is 2.94. The molecule has 3 aromatic rings. The van der Waals surface area contributed by atoms with E-state index in [1.54, 1.807) is 25.1 Å². The average molecular weight is 408 g/mol. The zero-order valence-corrected chi connectivity index (χ0v) is 17.1. The zero-order valence-electron chi connectivity index (χ0n) is 17.1. The van der Waals surface area contributed by atoms with Gasteiger partial charge in [-0.1, -0.05) is 12.1 Å². The Labute approximate surface area is 173 Å². The highest BCUT2D eigenvalue weighted by Gasteiger charge is 2.13. The summed E-state index contributed by atoms with van der Waals surface area (Å²) in [6, 6.07) is 13.6. The van der Waals surface area contributed by atoms with Crippen LogP contribution in [0.5, 0.6) is 0 Å². The van der Waals surface area contributed by atoms with Crippen LogP contribution in [-0.2, 0) is 17.9 Å². The Bertz CT molecular complexity index is 1130. The summed E-state index contributed by atoms with van der Waals surface area (Å²) in [5, 5.41) is 7.96. The summed E-state index contributed by atoms with van der Waals surface area (Å²) in [6.45, 7) is 5.53. The van der Waals surface area contributed by atoms with Crippen LogP contribution in [0, 0.1) is 20.8 Å². The van der Waals surface area contributed by atoms with Gasteiger partial charge in [-0.2, -0.15) is 0 Å². The van der Waals surface area contributed by atoms with Gasteiger partial charge in [0.1, 0.15) is 23.8 Å². The summed E-state index contributed by atoms with van der Waals surface area (Å²) in [6.07, 6.45) is 0. The number of benzene rings is 1. The third-order valence-corrected chi connectivity index (χ3v) is 4.47. The largest absolute Gasteiger partial charge is 0.465 e. The van der Waals surface area contributed by atoms with Crippen LogP contribution in [0.2, 0.25) is 0 Å². The predicted molar refractivity (Wildman–Crippen MR) is 115 cm³/mol. The van der Waals surface area contributed by atoms with Gasteiger partial charge in [0.15, 0.2) is 0 Å². The van der Waals surface area contributed by atoms with Gasteiger partial charge in [-0.15, -0.1) is 0 Å². The molecule has 3 N–H and O–H groups in total. The summed E-state index contributed by atoms with van der Waals surface area (Å²) in [4.78, 5) is 37.3. The van der Waals surface area contributed by atoms with Crippen molar-refractivity contribution in [3.05, 3.63) is 81.7 Å². The van der Waals surface area contributed by atoms with E-state index in [0.29, 0.717) is 17.1 Å². The number of aromatic nitrogens is 1. The molecule has 2 aromatic heterocycles. The maximum atomic E-state index is 12.8. The van der Waals surface area contributed by atoms with Crippen molar-refractivity contribution in [3.63, 3.8) is 0 Å². The summed E-state index contributed by atoms with van der Waals surface area (Å²) < 4.78 is 6.72.